The first-order valence-corrected chi connectivity index (χ1v) is 4.85. The van der Waals surface area contributed by atoms with E-state index in [4.69, 9.17) is 0 Å². The second kappa shape index (κ2) is 4.39. The van der Waals surface area contributed by atoms with Gasteiger partial charge in [-0.2, -0.15) is 5.01 Å². The van der Waals surface area contributed by atoms with Crippen LogP contribution in [0.1, 0.15) is 19.8 Å². The van der Waals surface area contributed by atoms with Gasteiger partial charge in [-0.15, -0.1) is 0 Å². The lowest BCUT2D eigenvalue weighted by Gasteiger charge is -2.33. The van der Waals surface area contributed by atoms with Crippen molar-refractivity contribution in [2.45, 2.75) is 19.8 Å². The molecule has 1 aliphatic rings. The number of carbonyl (C=O) groups excluding carboxylic acids is 3. The minimum atomic E-state index is -0.741. The van der Waals surface area contributed by atoms with Crippen LogP contribution in [0, 0.1) is 5.92 Å². The molecule has 0 radical (unpaired) electrons. The van der Waals surface area contributed by atoms with Crippen LogP contribution in [0.25, 0.3) is 0 Å². The van der Waals surface area contributed by atoms with Gasteiger partial charge in [0.1, 0.15) is 5.92 Å². The molecule has 1 unspecified atom stereocenters. The molecule has 0 aromatic heterocycles. The molecule has 1 saturated heterocycles. The van der Waals surface area contributed by atoms with Crippen molar-refractivity contribution in [3.63, 3.8) is 0 Å². The van der Waals surface area contributed by atoms with E-state index in [9.17, 15) is 14.4 Å². The first kappa shape index (κ1) is 11.6. The SMILES string of the molecule is CCCC1C(=O)NC(=O)N(N(C)C)C1=O. The van der Waals surface area contributed by atoms with E-state index < -0.39 is 23.8 Å². The minimum absolute atomic E-state index is 0.449. The topological polar surface area (TPSA) is 69.7 Å². The number of amides is 4. The van der Waals surface area contributed by atoms with E-state index in [0.29, 0.717) is 6.42 Å². The predicted octanol–water partition coefficient (Wildman–Crippen LogP) is -0.0423. The molecule has 0 aromatic rings. The van der Waals surface area contributed by atoms with Gasteiger partial charge in [0.25, 0.3) is 5.91 Å². The molecule has 0 aromatic carbocycles. The molecule has 1 N–H and O–H groups in total. The van der Waals surface area contributed by atoms with Crippen molar-refractivity contribution >= 4 is 17.8 Å². The van der Waals surface area contributed by atoms with E-state index in [1.165, 1.54) is 5.01 Å². The highest BCUT2D eigenvalue weighted by molar-refractivity contribution is 6.15. The number of nitrogens with one attached hydrogen (secondary N) is 1. The summed E-state index contributed by atoms with van der Waals surface area (Å²) < 4.78 is 0. The summed E-state index contributed by atoms with van der Waals surface area (Å²) in [6.07, 6.45) is 1.18. The summed E-state index contributed by atoms with van der Waals surface area (Å²) in [5.74, 6) is -1.68. The van der Waals surface area contributed by atoms with E-state index in [0.717, 1.165) is 11.4 Å². The maximum absolute atomic E-state index is 11.8. The molecule has 0 saturated carbocycles. The Labute approximate surface area is 88.2 Å². The van der Waals surface area contributed by atoms with E-state index in [1.807, 2.05) is 6.92 Å². The highest BCUT2D eigenvalue weighted by Gasteiger charge is 2.40. The zero-order chi connectivity index (χ0) is 11.6. The molecule has 1 rings (SSSR count). The van der Waals surface area contributed by atoms with E-state index in [2.05, 4.69) is 5.32 Å². The van der Waals surface area contributed by atoms with Gasteiger partial charge in [0.2, 0.25) is 5.91 Å². The van der Waals surface area contributed by atoms with Crippen LogP contribution in [-0.2, 0) is 9.59 Å². The van der Waals surface area contributed by atoms with Crippen LogP contribution >= 0.6 is 0 Å². The van der Waals surface area contributed by atoms with Gasteiger partial charge in [0.05, 0.1) is 0 Å². The Morgan fingerprint density at radius 2 is 1.93 bits per heavy atom. The number of carbonyl (C=O) groups is 3. The van der Waals surface area contributed by atoms with Crippen LogP contribution in [0.2, 0.25) is 0 Å². The van der Waals surface area contributed by atoms with E-state index >= 15 is 0 Å². The van der Waals surface area contributed by atoms with Crippen molar-refractivity contribution in [3.8, 4) is 0 Å². The number of hydrogen-bond acceptors (Lipinski definition) is 4. The number of hydrogen-bond donors (Lipinski definition) is 1. The lowest BCUT2D eigenvalue weighted by molar-refractivity contribution is -0.151. The number of hydrazine groups is 1. The average molecular weight is 213 g/mol. The monoisotopic (exact) mass is 213 g/mol. The average Bonchev–Trinajstić information content (AvgIpc) is 2.11. The highest BCUT2D eigenvalue weighted by Crippen LogP contribution is 2.16. The molecule has 84 valence electrons. The molecule has 1 heterocycles. The fraction of sp³-hybridized carbons (Fsp3) is 0.667. The quantitative estimate of drug-likeness (QED) is 0.668. The third-order valence-electron chi connectivity index (χ3n) is 2.22. The number of rotatable bonds is 3. The standard InChI is InChI=1S/C9H15N3O3/c1-4-5-6-7(13)10-9(15)12(8(6)14)11(2)3/h6H,4-5H2,1-3H3,(H,10,13,15). The normalized spacial score (nSPS) is 22.3. The molecule has 0 aliphatic carbocycles. The number of nitrogens with zero attached hydrogens (tertiary/aromatic N) is 2. The second-order valence-electron chi connectivity index (χ2n) is 3.63. The lowest BCUT2D eigenvalue weighted by Crippen LogP contribution is -2.61. The summed E-state index contributed by atoms with van der Waals surface area (Å²) >= 11 is 0. The molecule has 15 heavy (non-hydrogen) atoms. The van der Waals surface area contributed by atoms with Crippen molar-refractivity contribution in [1.82, 2.24) is 15.3 Å². The summed E-state index contributed by atoms with van der Waals surface area (Å²) in [6.45, 7) is 1.89. The number of urea groups is 1. The van der Waals surface area contributed by atoms with Crippen molar-refractivity contribution < 1.29 is 14.4 Å². The summed E-state index contributed by atoms with van der Waals surface area (Å²) in [4.78, 5) is 34.5. The van der Waals surface area contributed by atoms with Crippen LogP contribution in [0.15, 0.2) is 0 Å². The molecular formula is C9H15N3O3. The first-order valence-electron chi connectivity index (χ1n) is 4.85. The summed E-state index contributed by atoms with van der Waals surface area (Å²) in [7, 11) is 3.16. The Kier molecular flexibility index (Phi) is 3.41. The van der Waals surface area contributed by atoms with Crippen molar-refractivity contribution in [1.29, 1.82) is 0 Å². The Morgan fingerprint density at radius 3 is 2.40 bits per heavy atom. The largest absolute Gasteiger partial charge is 0.345 e. The number of imide groups is 2. The van der Waals surface area contributed by atoms with Gasteiger partial charge in [-0.3, -0.25) is 14.9 Å². The van der Waals surface area contributed by atoms with Crippen LogP contribution in [-0.4, -0.2) is 42.0 Å². The summed E-state index contributed by atoms with van der Waals surface area (Å²) in [6, 6.07) is -0.678. The number of barbiturate groups is 1. The Hall–Kier alpha value is -1.43. The zero-order valence-corrected chi connectivity index (χ0v) is 9.11. The Bertz CT molecular complexity index is 301. The maximum atomic E-state index is 11.8. The fourth-order valence-corrected chi connectivity index (χ4v) is 1.53. The Balaban J connectivity index is 2.89. The van der Waals surface area contributed by atoms with Crippen LogP contribution < -0.4 is 5.32 Å². The van der Waals surface area contributed by atoms with Gasteiger partial charge in [-0.25, -0.2) is 9.80 Å². The summed E-state index contributed by atoms with van der Waals surface area (Å²) in [5.41, 5.74) is 0. The van der Waals surface area contributed by atoms with Crippen LogP contribution in [0.5, 0.6) is 0 Å². The van der Waals surface area contributed by atoms with Gasteiger partial charge < -0.3 is 0 Å². The fourth-order valence-electron chi connectivity index (χ4n) is 1.53. The minimum Gasteiger partial charge on any atom is -0.276 e. The molecular weight excluding hydrogens is 198 g/mol. The van der Waals surface area contributed by atoms with E-state index in [1.54, 1.807) is 14.1 Å². The van der Waals surface area contributed by atoms with Crippen molar-refractivity contribution in [3.05, 3.63) is 0 Å². The lowest BCUT2D eigenvalue weighted by atomic mass is 10.00. The zero-order valence-electron chi connectivity index (χ0n) is 9.11. The maximum Gasteiger partial charge on any atom is 0.345 e. The molecule has 0 bridgehead atoms. The molecule has 6 nitrogen and oxygen atoms in total. The van der Waals surface area contributed by atoms with Gasteiger partial charge in [-0.1, -0.05) is 13.3 Å². The molecule has 1 atom stereocenters. The summed E-state index contributed by atoms with van der Waals surface area (Å²) in [5, 5.41) is 4.48. The van der Waals surface area contributed by atoms with Gasteiger partial charge in [0.15, 0.2) is 0 Å². The molecule has 1 aliphatic heterocycles. The smallest absolute Gasteiger partial charge is 0.276 e. The van der Waals surface area contributed by atoms with Crippen LogP contribution in [0.4, 0.5) is 4.79 Å². The molecule has 4 amide bonds. The van der Waals surface area contributed by atoms with E-state index in [-0.39, 0.29) is 0 Å². The van der Waals surface area contributed by atoms with Gasteiger partial charge in [0, 0.05) is 14.1 Å². The van der Waals surface area contributed by atoms with Gasteiger partial charge >= 0.3 is 6.03 Å². The molecule has 0 spiro atoms. The highest BCUT2D eigenvalue weighted by atomic mass is 16.2. The third kappa shape index (κ3) is 2.15. The van der Waals surface area contributed by atoms with Crippen molar-refractivity contribution in [2.24, 2.45) is 5.92 Å². The second-order valence-corrected chi connectivity index (χ2v) is 3.63. The third-order valence-corrected chi connectivity index (χ3v) is 2.22. The Morgan fingerprint density at radius 1 is 1.33 bits per heavy atom. The molecule has 1 fully saturated rings. The van der Waals surface area contributed by atoms with Gasteiger partial charge in [-0.05, 0) is 6.42 Å². The first-order chi connectivity index (χ1) is 6.99. The molecule has 6 heteroatoms. The predicted molar refractivity (Wildman–Crippen MR) is 52.5 cm³/mol. The van der Waals surface area contributed by atoms with Crippen molar-refractivity contribution in [2.75, 3.05) is 14.1 Å². The van der Waals surface area contributed by atoms with Crippen LogP contribution in [0.3, 0.4) is 0 Å².